The van der Waals surface area contributed by atoms with E-state index in [4.69, 9.17) is 5.73 Å². The number of pyridine rings is 1. The second kappa shape index (κ2) is 6.55. The number of likely N-dealkylation sites (tertiary alicyclic amines) is 1. The van der Waals surface area contributed by atoms with Crippen LogP contribution in [0.4, 0.5) is 5.69 Å². The summed E-state index contributed by atoms with van der Waals surface area (Å²) in [5, 5.41) is 0. The maximum Gasteiger partial charge on any atom is 0.0598 e. The van der Waals surface area contributed by atoms with Gasteiger partial charge in [-0.3, -0.25) is 4.98 Å². The van der Waals surface area contributed by atoms with Gasteiger partial charge in [0.25, 0.3) is 0 Å². The predicted molar refractivity (Wildman–Crippen MR) is 82.8 cm³/mol. The van der Waals surface area contributed by atoms with Crippen molar-refractivity contribution in [2.45, 2.75) is 44.7 Å². The topological polar surface area (TPSA) is 45.4 Å². The van der Waals surface area contributed by atoms with Gasteiger partial charge in [0.15, 0.2) is 0 Å². The van der Waals surface area contributed by atoms with Gasteiger partial charge in [-0.15, -0.1) is 0 Å². The highest BCUT2D eigenvalue weighted by Gasteiger charge is 2.26. The lowest BCUT2D eigenvalue weighted by atomic mass is 9.99. The van der Waals surface area contributed by atoms with Crippen molar-refractivity contribution >= 4 is 5.69 Å². The van der Waals surface area contributed by atoms with Crippen molar-refractivity contribution in [3.63, 3.8) is 0 Å². The van der Waals surface area contributed by atoms with E-state index in [1.54, 1.807) is 0 Å². The highest BCUT2D eigenvalue weighted by molar-refractivity contribution is 5.51. The van der Waals surface area contributed by atoms with E-state index in [1.807, 2.05) is 18.5 Å². The molecule has 0 unspecified atom stereocenters. The Balaban J connectivity index is 1.60. The first-order chi connectivity index (χ1) is 9.88. The molecule has 0 saturated carbocycles. The number of rotatable bonds is 3. The fourth-order valence-corrected chi connectivity index (χ4v) is 3.63. The lowest BCUT2D eigenvalue weighted by Crippen LogP contribution is -2.47. The molecule has 0 spiro atoms. The van der Waals surface area contributed by atoms with Crippen molar-refractivity contribution in [1.29, 1.82) is 0 Å². The van der Waals surface area contributed by atoms with Crippen molar-refractivity contribution in [3.8, 4) is 0 Å². The minimum absolute atomic E-state index is 0.601. The fourth-order valence-electron chi connectivity index (χ4n) is 3.63. The van der Waals surface area contributed by atoms with Crippen molar-refractivity contribution < 1.29 is 0 Å². The second-order valence-corrected chi connectivity index (χ2v) is 6.02. The highest BCUT2D eigenvalue weighted by atomic mass is 15.2. The molecule has 2 N–H and O–H groups in total. The second-order valence-electron chi connectivity index (χ2n) is 6.02. The normalized spacial score (nSPS) is 22.1. The average Bonchev–Trinajstić information content (AvgIpc) is 2.56. The molecule has 0 atom stereocenters. The van der Waals surface area contributed by atoms with Crippen LogP contribution in [0.5, 0.6) is 0 Å². The molecular formula is C16H26N4. The summed E-state index contributed by atoms with van der Waals surface area (Å²) in [5.74, 6) is 0. The smallest absolute Gasteiger partial charge is 0.0598 e. The lowest BCUT2D eigenvalue weighted by molar-refractivity contribution is 0.141. The number of anilines is 1. The number of hydrogen-bond acceptors (Lipinski definition) is 4. The van der Waals surface area contributed by atoms with Crippen LogP contribution in [0.25, 0.3) is 0 Å². The fraction of sp³-hybridized carbons (Fsp3) is 0.688. The average molecular weight is 274 g/mol. The Morgan fingerprint density at radius 3 is 2.55 bits per heavy atom. The molecule has 0 aliphatic carbocycles. The van der Waals surface area contributed by atoms with E-state index in [2.05, 4.69) is 14.8 Å². The molecule has 0 aromatic carbocycles. The molecular weight excluding hydrogens is 248 g/mol. The summed E-state index contributed by atoms with van der Waals surface area (Å²) in [6.45, 7) is 5.50. The first kappa shape index (κ1) is 13.8. The number of nitrogens with two attached hydrogens (primary N) is 1. The molecule has 1 aromatic heterocycles. The largest absolute Gasteiger partial charge is 0.370 e. The lowest BCUT2D eigenvalue weighted by Gasteiger charge is -2.41. The molecule has 2 aliphatic heterocycles. The molecule has 4 heteroatoms. The molecule has 4 nitrogen and oxygen atoms in total. The first-order valence-corrected chi connectivity index (χ1v) is 8.00. The number of nitrogens with zero attached hydrogens (tertiary/aromatic N) is 3. The van der Waals surface area contributed by atoms with E-state index >= 15 is 0 Å². The molecule has 2 saturated heterocycles. The molecule has 1 aromatic rings. The van der Waals surface area contributed by atoms with Crippen LogP contribution in [-0.2, 0) is 6.54 Å². The number of hydrogen-bond donors (Lipinski definition) is 1. The SMILES string of the molecule is NCc1ccncc1N1CCC(N2CCCCC2)CC1. The number of aromatic nitrogens is 1. The van der Waals surface area contributed by atoms with Crippen molar-refractivity contribution in [1.82, 2.24) is 9.88 Å². The molecule has 0 radical (unpaired) electrons. The van der Waals surface area contributed by atoms with E-state index in [9.17, 15) is 0 Å². The summed E-state index contributed by atoms with van der Waals surface area (Å²) >= 11 is 0. The molecule has 2 aliphatic rings. The summed E-state index contributed by atoms with van der Waals surface area (Å²) in [7, 11) is 0. The van der Waals surface area contributed by atoms with Crippen molar-refractivity contribution in [3.05, 3.63) is 24.0 Å². The minimum atomic E-state index is 0.601. The monoisotopic (exact) mass is 274 g/mol. The Bertz CT molecular complexity index is 420. The van der Waals surface area contributed by atoms with Gasteiger partial charge in [-0.25, -0.2) is 0 Å². The Labute approximate surface area is 122 Å². The van der Waals surface area contributed by atoms with Gasteiger partial charge in [0.2, 0.25) is 0 Å². The molecule has 0 bridgehead atoms. The van der Waals surface area contributed by atoms with Crippen LogP contribution in [0.2, 0.25) is 0 Å². The van der Waals surface area contributed by atoms with Gasteiger partial charge >= 0.3 is 0 Å². The zero-order valence-corrected chi connectivity index (χ0v) is 12.3. The van der Waals surface area contributed by atoms with Crippen LogP contribution in [0.3, 0.4) is 0 Å². The summed E-state index contributed by atoms with van der Waals surface area (Å²) in [4.78, 5) is 9.45. The maximum atomic E-state index is 5.84. The molecule has 3 rings (SSSR count). The van der Waals surface area contributed by atoms with Crippen LogP contribution in [0, 0.1) is 0 Å². The van der Waals surface area contributed by atoms with Crippen LogP contribution in [0.1, 0.15) is 37.7 Å². The van der Waals surface area contributed by atoms with Gasteiger partial charge in [-0.05, 0) is 50.4 Å². The standard InChI is InChI=1S/C16H26N4/c17-12-14-4-7-18-13-16(14)20-10-5-15(6-11-20)19-8-2-1-3-9-19/h4,7,13,15H,1-3,5-6,8-12,17H2. The summed E-state index contributed by atoms with van der Waals surface area (Å²) in [5.41, 5.74) is 8.30. The summed E-state index contributed by atoms with van der Waals surface area (Å²) in [6.07, 6.45) is 10.6. The predicted octanol–water partition coefficient (Wildman–Crippen LogP) is 1.99. The maximum absolute atomic E-state index is 5.84. The Kier molecular flexibility index (Phi) is 4.53. The van der Waals surface area contributed by atoms with E-state index in [-0.39, 0.29) is 0 Å². The molecule has 20 heavy (non-hydrogen) atoms. The van der Waals surface area contributed by atoms with Gasteiger partial charge in [-0.2, -0.15) is 0 Å². The first-order valence-electron chi connectivity index (χ1n) is 8.00. The molecule has 0 amide bonds. The Hall–Kier alpha value is -1.13. The zero-order valence-electron chi connectivity index (χ0n) is 12.3. The third-order valence-electron chi connectivity index (χ3n) is 4.82. The van der Waals surface area contributed by atoms with Crippen molar-refractivity contribution in [2.75, 3.05) is 31.1 Å². The summed E-state index contributed by atoms with van der Waals surface area (Å²) in [6, 6.07) is 2.84. The Morgan fingerprint density at radius 2 is 1.85 bits per heavy atom. The van der Waals surface area contributed by atoms with Crippen LogP contribution in [0.15, 0.2) is 18.5 Å². The van der Waals surface area contributed by atoms with Crippen molar-refractivity contribution in [2.24, 2.45) is 5.73 Å². The van der Waals surface area contributed by atoms with E-state index in [1.165, 1.54) is 56.4 Å². The summed E-state index contributed by atoms with van der Waals surface area (Å²) < 4.78 is 0. The van der Waals surface area contributed by atoms with Gasteiger partial charge in [0.1, 0.15) is 0 Å². The van der Waals surface area contributed by atoms with Gasteiger partial charge in [0, 0.05) is 31.9 Å². The van der Waals surface area contributed by atoms with Gasteiger partial charge in [-0.1, -0.05) is 6.42 Å². The Morgan fingerprint density at radius 1 is 1.10 bits per heavy atom. The molecule has 110 valence electrons. The van der Waals surface area contributed by atoms with E-state index in [0.717, 1.165) is 19.1 Å². The van der Waals surface area contributed by atoms with Gasteiger partial charge < -0.3 is 15.5 Å². The quantitative estimate of drug-likeness (QED) is 0.915. The molecule has 3 heterocycles. The van der Waals surface area contributed by atoms with Crippen LogP contribution >= 0.6 is 0 Å². The van der Waals surface area contributed by atoms with Gasteiger partial charge in [0.05, 0.1) is 11.9 Å². The minimum Gasteiger partial charge on any atom is -0.370 e. The van der Waals surface area contributed by atoms with Crippen LogP contribution < -0.4 is 10.6 Å². The third-order valence-corrected chi connectivity index (χ3v) is 4.82. The zero-order chi connectivity index (χ0) is 13.8. The van der Waals surface area contributed by atoms with E-state index in [0.29, 0.717) is 6.54 Å². The third kappa shape index (κ3) is 2.96. The van der Waals surface area contributed by atoms with E-state index < -0.39 is 0 Å². The highest BCUT2D eigenvalue weighted by Crippen LogP contribution is 2.26. The molecule has 2 fully saturated rings. The van der Waals surface area contributed by atoms with Crippen LogP contribution in [-0.4, -0.2) is 42.1 Å². The number of piperidine rings is 2.